The molecule has 0 radical (unpaired) electrons. The number of aliphatic hydroxyl groups is 1. The van der Waals surface area contributed by atoms with Crippen LogP contribution in [0.2, 0.25) is 0 Å². The molecule has 2 aromatic rings. The zero-order valence-corrected chi connectivity index (χ0v) is 14.2. The van der Waals surface area contributed by atoms with Crippen LogP contribution in [-0.2, 0) is 0 Å². The molecule has 0 aliphatic carbocycles. The number of nitrogens with zero attached hydrogens (tertiary/aromatic N) is 1. The van der Waals surface area contributed by atoms with Crippen molar-refractivity contribution in [1.29, 1.82) is 0 Å². The third-order valence-corrected chi connectivity index (χ3v) is 3.91. The summed E-state index contributed by atoms with van der Waals surface area (Å²) in [6, 6.07) is 12.2. The van der Waals surface area contributed by atoms with Crippen molar-refractivity contribution in [2.45, 2.75) is 13.0 Å². The van der Waals surface area contributed by atoms with Gasteiger partial charge in [0.05, 0.1) is 6.10 Å². The molecule has 0 saturated heterocycles. The number of rotatable bonds is 6. The van der Waals surface area contributed by atoms with Gasteiger partial charge >= 0.3 is 0 Å². The van der Waals surface area contributed by atoms with E-state index >= 15 is 0 Å². The summed E-state index contributed by atoms with van der Waals surface area (Å²) in [5.74, 6) is -1.15. The molecule has 5 nitrogen and oxygen atoms in total. The van der Waals surface area contributed by atoms with Gasteiger partial charge in [-0.25, -0.2) is 4.39 Å². The van der Waals surface area contributed by atoms with Gasteiger partial charge in [0.15, 0.2) is 0 Å². The van der Waals surface area contributed by atoms with Crippen molar-refractivity contribution >= 4 is 11.8 Å². The number of amides is 2. The lowest BCUT2D eigenvalue weighted by Gasteiger charge is -2.15. The number of carbonyl (C=O) groups excluding carboxylic acids is 2. The molecule has 0 fully saturated rings. The van der Waals surface area contributed by atoms with Crippen molar-refractivity contribution in [3.63, 3.8) is 0 Å². The fourth-order valence-corrected chi connectivity index (χ4v) is 2.30. The van der Waals surface area contributed by atoms with E-state index in [-0.39, 0.29) is 18.0 Å². The Morgan fingerprint density at radius 3 is 2.52 bits per heavy atom. The Morgan fingerprint density at radius 2 is 1.84 bits per heavy atom. The van der Waals surface area contributed by atoms with Crippen LogP contribution < -0.4 is 5.32 Å². The first-order valence-corrected chi connectivity index (χ1v) is 8.00. The van der Waals surface area contributed by atoms with Crippen LogP contribution in [0.15, 0.2) is 48.5 Å². The number of aliphatic hydroxyl groups excluding tert-OH is 1. The number of carbonyl (C=O) groups is 2. The molecule has 0 spiro atoms. The van der Waals surface area contributed by atoms with Crippen LogP contribution in [0.3, 0.4) is 0 Å². The zero-order chi connectivity index (χ0) is 18.4. The maximum Gasteiger partial charge on any atom is 0.253 e. The minimum atomic E-state index is -1.15. The van der Waals surface area contributed by atoms with Crippen LogP contribution in [-0.4, -0.2) is 42.0 Å². The third kappa shape index (κ3) is 4.64. The number of nitrogens with one attached hydrogen (secondary N) is 1. The number of hydrogen-bond acceptors (Lipinski definition) is 3. The van der Waals surface area contributed by atoms with Crippen molar-refractivity contribution in [2.24, 2.45) is 0 Å². The van der Waals surface area contributed by atoms with E-state index in [0.29, 0.717) is 17.7 Å². The first-order valence-electron chi connectivity index (χ1n) is 8.00. The fraction of sp³-hybridized carbons (Fsp3) is 0.263. The topological polar surface area (TPSA) is 69.6 Å². The van der Waals surface area contributed by atoms with Gasteiger partial charge in [0.1, 0.15) is 5.82 Å². The molecule has 0 aliphatic heterocycles. The predicted molar refractivity (Wildman–Crippen MR) is 92.8 cm³/mol. The van der Waals surface area contributed by atoms with Crippen LogP contribution in [0.1, 0.15) is 39.3 Å². The minimum Gasteiger partial charge on any atom is -0.386 e. The summed E-state index contributed by atoms with van der Waals surface area (Å²) in [5.41, 5.74) is 0.832. The Hall–Kier alpha value is -2.73. The van der Waals surface area contributed by atoms with E-state index in [1.807, 2.05) is 6.92 Å². The van der Waals surface area contributed by atoms with Crippen LogP contribution in [0, 0.1) is 5.82 Å². The van der Waals surface area contributed by atoms with Gasteiger partial charge in [-0.15, -0.1) is 0 Å². The van der Waals surface area contributed by atoms with E-state index in [9.17, 15) is 19.1 Å². The molecule has 1 unspecified atom stereocenters. The summed E-state index contributed by atoms with van der Waals surface area (Å²) in [6.45, 7) is 2.29. The van der Waals surface area contributed by atoms with Gasteiger partial charge in [-0.3, -0.25) is 9.59 Å². The van der Waals surface area contributed by atoms with Crippen LogP contribution in [0.25, 0.3) is 0 Å². The maximum atomic E-state index is 13.6. The maximum absolute atomic E-state index is 13.6. The van der Waals surface area contributed by atoms with Crippen LogP contribution >= 0.6 is 0 Å². The van der Waals surface area contributed by atoms with Gasteiger partial charge in [-0.2, -0.15) is 0 Å². The Labute approximate surface area is 146 Å². The molecule has 0 saturated carbocycles. The standard InChI is InChI=1S/C19H21FN2O3/c1-3-22(2)19(25)14-8-6-7-13(11-14)18(24)21-12-17(23)15-9-4-5-10-16(15)20/h4-11,17,23H,3,12H2,1-2H3,(H,21,24). The highest BCUT2D eigenvalue weighted by molar-refractivity contribution is 5.99. The first-order chi connectivity index (χ1) is 11.9. The van der Waals surface area contributed by atoms with Gasteiger partial charge in [-0.05, 0) is 31.2 Å². The molecule has 0 heterocycles. The van der Waals surface area contributed by atoms with E-state index in [1.165, 1.54) is 24.3 Å². The minimum absolute atomic E-state index is 0.122. The van der Waals surface area contributed by atoms with Gasteiger partial charge < -0.3 is 15.3 Å². The van der Waals surface area contributed by atoms with Crippen molar-refractivity contribution in [2.75, 3.05) is 20.1 Å². The fourth-order valence-electron chi connectivity index (χ4n) is 2.30. The molecule has 0 bridgehead atoms. The molecule has 2 aromatic carbocycles. The lowest BCUT2D eigenvalue weighted by molar-refractivity contribution is 0.0802. The summed E-state index contributed by atoms with van der Waals surface area (Å²) in [6.07, 6.45) is -1.15. The second-order valence-electron chi connectivity index (χ2n) is 5.65. The average molecular weight is 344 g/mol. The van der Waals surface area contributed by atoms with Crippen molar-refractivity contribution < 1.29 is 19.1 Å². The molecule has 2 N–H and O–H groups in total. The molecule has 2 amide bonds. The number of halogens is 1. The van der Waals surface area contributed by atoms with E-state index in [1.54, 1.807) is 36.2 Å². The first kappa shape index (κ1) is 18.6. The number of benzene rings is 2. The predicted octanol–water partition coefficient (Wildman–Crippen LogP) is 2.38. The highest BCUT2D eigenvalue weighted by Gasteiger charge is 2.16. The van der Waals surface area contributed by atoms with Gasteiger partial charge in [-0.1, -0.05) is 24.3 Å². The highest BCUT2D eigenvalue weighted by atomic mass is 19.1. The highest BCUT2D eigenvalue weighted by Crippen LogP contribution is 2.16. The summed E-state index contributed by atoms with van der Waals surface area (Å²) in [7, 11) is 1.68. The Kier molecular flexibility index (Phi) is 6.25. The summed E-state index contributed by atoms with van der Waals surface area (Å²) in [4.78, 5) is 25.9. The Balaban J connectivity index is 2.04. The van der Waals surface area contributed by atoms with Crippen molar-refractivity contribution in [1.82, 2.24) is 10.2 Å². The second-order valence-corrected chi connectivity index (χ2v) is 5.65. The Bertz CT molecular complexity index is 764. The van der Waals surface area contributed by atoms with E-state index < -0.39 is 17.8 Å². The van der Waals surface area contributed by atoms with Gasteiger partial charge in [0.25, 0.3) is 11.8 Å². The van der Waals surface area contributed by atoms with E-state index in [0.717, 1.165) is 0 Å². The monoisotopic (exact) mass is 344 g/mol. The molecular formula is C19H21FN2O3. The second kappa shape index (κ2) is 8.39. The summed E-state index contributed by atoms with van der Waals surface area (Å²) in [5, 5.41) is 12.6. The zero-order valence-electron chi connectivity index (χ0n) is 14.2. The molecular weight excluding hydrogens is 323 g/mol. The molecule has 2 rings (SSSR count). The smallest absolute Gasteiger partial charge is 0.253 e. The largest absolute Gasteiger partial charge is 0.386 e. The molecule has 132 valence electrons. The van der Waals surface area contributed by atoms with Gasteiger partial charge in [0, 0.05) is 36.8 Å². The van der Waals surface area contributed by atoms with E-state index in [2.05, 4.69) is 5.32 Å². The van der Waals surface area contributed by atoms with Gasteiger partial charge in [0.2, 0.25) is 0 Å². The molecule has 1 atom stereocenters. The molecule has 0 aliphatic rings. The number of hydrogen-bond donors (Lipinski definition) is 2. The van der Waals surface area contributed by atoms with Crippen LogP contribution in [0.5, 0.6) is 0 Å². The quantitative estimate of drug-likeness (QED) is 0.845. The SMILES string of the molecule is CCN(C)C(=O)c1cccc(C(=O)NCC(O)c2ccccc2F)c1. The Morgan fingerprint density at radius 1 is 1.16 bits per heavy atom. The third-order valence-electron chi connectivity index (χ3n) is 3.91. The summed E-state index contributed by atoms with van der Waals surface area (Å²) >= 11 is 0. The normalized spacial score (nSPS) is 11.7. The van der Waals surface area contributed by atoms with Crippen LogP contribution in [0.4, 0.5) is 4.39 Å². The van der Waals surface area contributed by atoms with E-state index in [4.69, 9.17) is 0 Å². The lowest BCUT2D eigenvalue weighted by atomic mass is 10.1. The molecule has 0 aromatic heterocycles. The average Bonchev–Trinajstić information content (AvgIpc) is 2.65. The van der Waals surface area contributed by atoms with Crippen molar-refractivity contribution in [3.05, 3.63) is 71.0 Å². The lowest BCUT2D eigenvalue weighted by Crippen LogP contribution is -2.29. The molecule has 25 heavy (non-hydrogen) atoms. The molecule has 6 heteroatoms. The van der Waals surface area contributed by atoms with Crippen molar-refractivity contribution in [3.8, 4) is 0 Å². The summed E-state index contributed by atoms with van der Waals surface area (Å²) < 4.78 is 13.6.